The second-order valence-electron chi connectivity index (χ2n) is 5.85. The molecule has 25 heavy (non-hydrogen) atoms. The number of benzene rings is 1. The van der Waals surface area contributed by atoms with Crippen molar-refractivity contribution >= 4 is 29.2 Å². The predicted octanol–water partition coefficient (Wildman–Crippen LogP) is 0.841. The van der Waals surface area contributed by atoms with E-state index in [0.717, 1.165) is 18.4 Å². The molecule has 0 spiro atoms. The Hall–Kier alpha value is -3.41. The van der Waals surface area contributed by atoms with E-state index in [4.69, 9.17) is 16.4 Å². The van der Waals surface area contributed by atoms with Crippen molar-refractivity contribution in [3.63, 3.8) is 0 Å². The van der Waals surface area contributed by atoms with E-state index in [1.54, 1.807) is 35.2 Å². The lowest BCUT2D eigenvalue weighted by molar-refractivity contribution is -0.128. The van der Waals surface area contributed by atoms with Gasteiger partial charge in [-0.25, -0.2) is 4.79 Å². The summed E-state index contributed by atoms with van der Waals surface area (Å²) in [5.74, 6) is -0.548. The summed E-state index contributed by atoms with van der Waals surface area (Å²) in [7, 11) is 0. The van der Waals surface area contributed by atoms with E-state index in [2.05, 4.69) is 10.5 Å². The van der Waals surface area contributed by atoms with Gasteiger partial charge in [-0.2, -0.15) is 10.4 Å². The third-order valence-electron chi connectivity index (χ3n) is 4.23. The molecule has 9 heteroatoms. The maximum absolute atomic E-state index is 12.3. The van der Waals surface area contributed by atoms with Gasteiger partial charge in [-0.05, 0) is 30.5 Å². The summed E-state index contributed by atoms with van der Waals surface area (Å²) in [6.07, 6.45) is 1.61. The molecule has 3 amide bonds. The van der Waals surface area contributed by atoms with Gasteiger partial charge < -0.3 is 10.6 Å². The summed E-state index contributed by atoms with van der Waals surface area (Å²) < 4.78 is 0. The molecule has 2 saturated heterocycles. The largest absolute Gasteiger partial charge is 0.382 e. The topological polar surface area (TPSA) is 139 Å². The molecule has 0 aromatic heterocycles. The van der Waals surface area contributed by atoms with Crippen LogP contribution in [0.4, 0.5) is 10.5 Å². The van der Waals surface area contributed by atoms with Crippen LogP contribution >= 0.6 is 0 Å². The highest BCUT2D eigenvalue weighted by atomic mass is 16.2. The summed E-state index contributed by atoms with van der Waals surface area (Å²) in [6.45, 7) is 0.870. The molecule has 1 aromatic carbocycles. The zero-order valence-corrected chi connectivity index (χ0v) is 13.4. The Morgan fingerprint density at radius 3 is 2.72 bits per heavy atom. The zero-order valence-electron chi connectivity index (χ0n) is 13.4. The average molecular weight is 339 g/mol. The number of hydrogen-bond acceptors (Lipinski definition) is 6. The van der Waals surface area contributed by atoms with Crippen molar-refractivity contribution in [2.45, 2.75) is 25.4 Å². The SMILES string of the molecule is N#C/C(=N\Nc1ccc(CN2C(=O)C3CCCN3C2=O)cc1)C(=N)N. The number of amidine groups is 1. The van der Waals surface area contributed by atoms with E-state index >= 15 is 0 Å². The van der Waals surface area contributed by atoms with Crippen LogP contribution in [0.3, 0.4) is 0 Å². The van der Waals surface area contributed by atoms with E-state index in [1.165, 1.54) is 4.90 Å². The Kier molecular flexibility index (Phi) is 4.35. The van der Waals surface area contributed by atoms with Crippen LogP contribution in [0.5, 0.6) is 0 Å². The van der Waals surface area contributed by atoms with Crippen molar-refractivity contribution in [3.8, 4) is 6.07 Å². The molecule has 0 bridgehead atoms. The quantitative estimate of drug-likeness (QED) is 0.316. The van der Waals surface area contributed by atoms with Crippen LogP contribution in [0.25, 0.3) is 0 Å². The van der Waals surface area contributed by atoms with Crippen molar-refractivity contribution < 1.29 is 9.59 Å². The molecule has 2 aliphatic heterocycles. The van der Waals surface area contributed by atoms with Gasteiger partial charge in [-0.1, -0.05) is 12.1 Å². The Morgan fingerprint density at radius 1 is 1.40 bits per heavy atom. The number of urea groups is 1. The van der Waals surface area contributed by atoms with Gasteiger partial charge in [0.1, 0.15) is 12.1 Å². The summed E-state index contributed by atoms with van der Waals surface area (Å²) in [4.78, 5) is 27.5. The Labute approximate surface area is 144 Å². The minimum atomic E-state index is -0.418. The predicted molar refractivity (Wildman–Crippen MR) is 90.7 cm³/mol. The second kappa shape index (κ2) is 6.60. The molecular formula is C16H17N7O2. The first-order chi connectivity index (χ1) is 12.0. The first-order valence-corrected chi connectivity index (χ1v) is 7.80. The third kappa shape index (κ3) is 3.14. The van der Waals surface area contributed by atoms with E-state index < -0.39 is 5.84 Å². The van der Waals surface area contributed by atoms with Gasteiger partial charge in [0.2, 0.25) is 5.71 Å². The number of hydrogen-bond donors (Lipinski definition) is 3. The highest BCUT2D eigenvalue weighted by Gasteiger charge is 2.47. The van der Waals surface area contributed by atoms with Crippen LogP contribution in [0.1, 0.15) is 18.4 Å². The number of nitrogens with two attached hydrogens (primary N) is 1. The lowest BCUT2D eigenvalue weighted by Gasteiger charge is -2.15. The number of rotatable bonds is 5. The molecule has 0 radical (unpaired) electrons. The molecule has 9 nitrogen and oxygen atoms in total. The van der Waals surface area contributed by atoms with Gasteiger partial charge in [0.25, 0.3) is 5.91 Å². The summed E-state index contributed by atoms with van der Waals surface area (Å²) in [6, 6.07) is 8.14. The number of hydrazone groups is 1. The molecule has 4 N–H and O–H groups in total. The molecule has 2 heterocycles. The van der Waals surface area contributed by atoms with Gasteiger partial charge in [-0.3, -0.25) is 20.5 Å². The van der Waals surface area contributed by atoms with E-state index in [0.29, 0.717) is 12.2 Å². The normalized spacial score (nSPS) is 19.8. The lowest BCUT2D eigenvalue weighted by Crippen LogP contribution is -2.32. The third-order valence-corrected chi connectivity index (χ3v) is 4.23. The van der Waals surface area contributed by atoms with Crippen molar-refractivity contribution in [1.29, 1.82) is 10.7 Å². The minimum Gasteiger partial charge on any atom is -0.382 e. The molecular weight excluding hydrogens is 322 g/mol. The Bertz CT molecular complexity index is 772. The maximum Gasteiger partial charge on any atom is 0.327 e. The van der Waals surface area contributed by atoms with E-state index in [-0.39, 0.29) is 30.2 Å². The number of nitriles is 1. The first-order valence-electron chi connectivity index (χ1n) is 7.80. The zero-order chi connectivity index (χ0) is 18.0. The molecule has 1 unspecified atom stereocenters. The van der Waals surface area contributed by atoms with E-state index in [9.17, 15) is 9.59 Å². The maximum atomic E-state index is 12.3. The molecule has 1 atom stereocenters. The van der Waals surface area contributed by atoms with Crippen LogP contribution in [0, 0.1) is 16.7 Å². The standard InChI is InChI=1S/C16H17N7O2/c17-8-12(14(18)19)21-20-11-5-3-10(4-6-11)9-23-15(24)13-2-1-7-22(13)16(23)25/h3-6,13,20H,1-2,7,9H2,(H3,18,19)/b21-12+. The Morgan fingerprint density at radius 2 is 2.12 bits per heavy atom. The lowest BCUT2D eigenvalue weighted by atomic mass is 10.2. The molecule has 1 aromatic rings. The van der Waals surface area contributed by atoms with Crippen molar-refractivity contribution in [1.82, 2.24) is 9.80 Å². The van der Waals surface area contributed by atoms with Gasteiger partial charge in [0, 0.05) is 6.54 Å². The van der Waals surface area contributed by atoms with Gasteiger partial charge in [-0.15, -0.1) is 0 Å². The number of anilines is 1. The molecule has 128 valence electrons. The fourth-order valence-corrected chi connectivity index (χ4v) is 2.96. The van der Waals surface area contributed by atoms with Crippen LogP contribution < -0.4 is 11.2 Å². The number of imide groups is 1. The Balaban J connectivity index is 1.66. The van der Waals surface area contributed by atoms with Crippen molar-refractivity contribution in [2.75, 3.05) is 12.0 Å². The highest BCUT2D eigenvalue weighted by molar-refractivity contribution is 6.45. The molecule has 2 aliphatic rings. The van der Waals surface area contributed by atoms with E-state index in [1.807, 2.05) is 0 Å². The molecule has 0 aliphatic carbocycles. The highest BCUT2D eigenvalue weighted by Crippen LogP contribution is 2.28. The smallest absolute Gasteiger partial charge is 0.327 e. The van der Waals surface area contributed by atoms with Gasteiger partial charge in [0.05, 0.1) is 12.2 Å². The number of nitrogens with one attached hydrogen (secondary N) is 2. The monoisotopic (exact) mass is 339 g/mol. The van der Waals surface area contributed by atoms with Crippen molar-refractivity contribution in [2.24, 2.45) is 10.8 Å². The fourth-order valence-electron chi connectivity index (χ4n) is 2.96. The first kappa shape index (κ1) is 16.4. The molecule has 2 fully saturated rings. The summed E-state index contributed by atoms with van der Waals surface area (Å²) in [5.41, 5.74) is 9.04. The van der Waals surface area contributed by atoms with Crippen LogP contribution in [-0.2, 0) is 11.3 Å². The number of carbonyl (C=O) groups is 2. The van der Waals surface area contributed by atoms with Crippen LogP contribution in [0.2, 0.25) is 0 Å². The van der Waals surface area contributed by atoms with Crippen LogP contribution in [0.15, 0.2) is 29.4 Å². The number of amides is 3. The average Bonchev–Trinajstić information content (AvgIpc) is 3.16. The fraction of sp³-hybridized carbons (Fsp3) is 0.312. The molecule has 3 rings (SSSR count). The second-order valence-corrected chi connectivity index (χ2v) is 5.85. The van der Waals surface area contributed by atoms with Gasteiger partial charge in [0.15, 0.2) is 5.84 Å². The van der Waals surface area contributed by atoms with Gasteiger partial charge >= 0.3 is 6.03 Å². The van der Waals surface area contributed by atoms with Crippen molar-refractivity contribution in [3.05, 3.63) is 29.8 Å². The number of nitrogens with zero attached hydrogens (tertiary/aromatic N) is 4. The minimum absolute atomic E-state index is 0.130. The summed E-state index contributed by atoms with van der Waals surface area (Å²) >= 11 is 0. The van der Waals surface area contributed by atoms with Crippen LogP contribution in [-0.4, -0.2) is 45.9 Å². The summed E-state index contributed by atoms with van der Waals surface area (Å²) in [5, 5.41) is 19.7. The molecule has 0 saturated carbocycles. The number of carbonyl (C=O) groups excluding carboxylic acids is 2. The number of fused-ring (bicyclic) bond motifs is 1.